The van der Waals surface area contributed by atoms with Crippen molar-refractivity contribution < 1.29 is 9.59 Å². The number of rotatable bonds is 4. The second-order valence-corrected chi connectivity index (χ2v) is 6.48. The van der Waals surface area contributed by atoms with Gasteiger partial charge in [0, 0.05) is 30.9 Å². The molecule has 1 aliphatic heterocycles. The standard InChI is InChI=1S/C14H18N2O2S/c1-15(9-12-3-2-6-19-12)14(18)10-7-13(17)16(8-10)11-4-5-11/h2-3,6,10-11H,4-5,7-9H2,1H3. The fraction of sp³-hybridized carbons (Fsp3) is 0.571. The van der Waals surface area contributed by atoms with E-state index in [1.165, 1.54) is 4.88 Å². The maximum atomic E-state index is 12.4. The molecule has 0 bridgehead atoms. The molecule has 1 aromatic rings. The molecule has 1 unspecified atom stereocenters. The van der Waals surface area contributed by atoms with E-state index in [0.717, 1.165) is 12.8 Å². The molecule has 5 heteroatoms. The number of hydrogen-bond acceptors (Lipinski definition) is 3. The van der Waals surface area contributed by atoms with Gasteiger partial charge < -0.3 is 9.80 Å². The van der Waals surface area contributed by atoms with E-state index < -0.39 is 0 Å². The minimum Gasteiger partial charge on any atom is -0.340 e. The second-order valence-electron chi connectivity index (χ2n) is 5.45. The SMILES string of the molecule is CN(Cc1cccs1)C(=O)C1CC(=O)N(C2CC2)C1. The normalized spacial score (nSPS) is 22.9. The Morgan fingerprint density at radius 3 is 2.95 bits per heavy atom. The summed E-state index contributed by atoms with van der Waals surface area (Å²) < 4.78 is 0. The first-order valence-electron chi connectivity index (χ1n) is 6.72. The Kier molecular flexibility index (Phi) is 3.31. The molecule has 2 heterocycles. The van der Waals surface area contributed by atoms with Crippen LogP contribution in [0.4, 0.5) is 0 Å². The van der Waals surface area contributed by atoms with Crippen LogP contribution in [0.5, 0.6) is 0 Å². The first-order valence-corrected chi connectivity index (χ1v) is 7.60. The van der Waals surface area contributed by atoms with Gasteiger partial charge in [-0.25, -0.2) is 0 Å². The summed E-state index contributed by atoms with van der Waals surface area (Å²) in [4.78, 5) is 29.1. The van der Waals surface area contributed by atoms with Crippen LogP contribution >= 0.6 is 11.3 Å². The molecular formula is C14H18N2O2S. The lowest BCUT2D eigenvalue weighted by atomic mass is 10.1. The molecule has 19 heavy (non-hydrogen) atoms. The van der Waals surface area contributed by atoms with Gasteiger partial charge in [-0.3, -0.25) is 9.59 Å². The molecule has 0 N–H and O–H groups in total. The molecule has 0 radical (unpaired) electrons. The Bertz CT molecular complexity index is 482. The first kappa shape index (κ1) is 12.7. The van der Waals surface area contributed by atoms with Gasteiger partial charge in [0.25, 0.3) is 0 Å². The molecule has 3 rings (SSSR count). The van der Waals surface area contributed by atoms with Crippen LogP contribution in [0.15, 0.2) is 17.5 Å². The van der Waals surface area contributed by atoms with Crippen LogP contribution < -0.4 is 0 Å². The van der Waals surface area contributed by atoms with Gasteiger partial charge in [-0.05, 0) is 24.3 Å². The van der Waals surface area contributed by atoms with E-state index in [4.69, 9.17) is 0 Å². The summed E-state index contributed by atoms with van der Waals surface area (Å²) in [5.41, 5.74) is 0. The van der Waals surface area contributed by atoms with Crippen LogP contribution in [0.2, 0.25) is 0 Å². The number of amides is 2. The largest absolute Gasteiger partial charge is 0.340 e. The van der Waals surface area contributed by atoms with E-state index in [-0.39, 0.29) is 17.7 Å². The Hall–Kier alpha value is -1.36. The molecule has 102 valence electrons. The predicted molar refractivity (Wildman–Crippen MR) is 73.6 cm³/mol. The number of carbonyl (C=O) groups is 2. The number of likely N-dealkylation sites (tertiary alicyclic amines) is 1. The lowest BCUT2D eigenvalue weighted by Crippen LogP contribution is -2.34. The summed E-state index contributed by atoms with van der Waals surface area (Å²) in [6.45, 7) is 1.27. The quantitative estimate of drug-likeness (QED) is 0.841. The molecule has 2 aliphatic rings. The van der Waals surface area contributed by atoms with E-state index in [2.05, 4.69) is 0 Å². The number of thiophene rings is 1. The highest BCUT2D eigenvalue weighted by Crippen LogP contribution is 2.33. The highest BCUT2D eigenvalue weighted by Gasteiger charge is 2.42. The minimum atomic E-state index is -0.141. The van der Waals surface area contributed by atoms with Crippen molar-refractivity contribution in [3.05, 3.63) is 22.4 Å². The minimum absolute atomic E-state index is 0.102. The zero-order valence-electron chi connectivity index (χ0n) is 11.0. The molecule has 1 saturated carbocycles. The third-order valence-electron chi connectivity index (χ3n) is 3.84. The summed E-state index contributed by atoms with van der Waals surface area (Å²) in [5.74, 6) is 0.119. The fourth-order valence-electron chi connectivity index (χ4n) is 2.66. The van der Waals surface area contributed by atoms with Crippen LogP contribution in [-0.2, 0) is 16.1 Å². The van der Waals surface area contributed by atoms with Crippen molar-refractivity contribution in [1.82, 2.24) is 9.80 Å². The molecule has 0 spiro atoms. The second kappa shape index (κ2) is 4.96. The van der Waals surface area contributed by atoms with E-state index in [1.807, 2.05) is 29.5 Å². The van der Waals surface area contributed by atoms with Crippen LogP contribution in [0, 0.1) is 5.92 Å². The van der Waals surface area contributed by atoms with E-state index in [1.54, 1.807) is 16.2 Å². The van der Waals surface area contributed by atoms with Crippen molar-refractivity contribution in [2.24, 2.45) is 5.92 Å². The zero-order chi connectivity index (χ0) is 13.4. The van der Waals surface area contributed by atoms with Gasteiger partial charge in [-0.2, -0.15) is 0 Å². The highest BCUT2D eigenvalue weighted by molar-refractivity contribution is 7.09. The smallest absolute Gasteiger partial charge is 0.228 e. The van der Waals surface area contributed by atoms with Crippen molar-refractivity contribution in [3.8, 4) is 0 Å². The Balaban J connectivity index is 1.59. The van der Waals surface area contributed by atoms with Gasteiger partial charge >= 0.3 is 0 Å². The van der Waals surface area contributed by atoms with E-state index in [9.17, 15) is 9.59 Å². The van der Waals surface area contributed by atoms with Gasteiger partial charge in [0.1, 0.15) is 0 Å². The summed E-state index contributed by atoms with van der Waals surface area (Å²) >= 11 is 1.66. The molecule has 2 fully saturated rings. The van der Waals surface area contributed by atoms with Crippen LogP contribution in [0.25, 0.3) is 0 Å². The summed E-state index contributed by atoms with van der Waals surface area (Å²) in [6.07, 6.45) is 2.61. The third-order valence-corrected chi connectivity index (χ3v) is 4.71. The Morgan fingerprint density at radius 2 is 2.32 bits per heavy atom. The molecule has 1 saturated heterocycles. The topological polar surface area (TPSA) is 40.6 Å². The maximum absolute atomic E-state index is 12.4. The molecule has 2 amide bonds. The van der Waals surface area contributed by atoms with Crippen LogP contribution in [0.1, 0.15) is 24.1 Å². The predicted octanol–water partition coefficient (Wildman–Crippen LogP) is 1.72. The van der Waals surface area contributed by atoms with Crippen molar-refractivity contribution in [2.75, 3.05) is 13.6 Å². The maximum Gasteiger partial charge on any atom is 0.228 e. The lowest BCUT2D eigenvalue weighted by Gasteiger charge is -2.20. The van der Waals surface area contributed by atoms with E-state index in [0.29, 0.717) is 25.6 Å². The number of carbonyl (C=O) groups excluding carboxylic acids is 2. The van der Waals surface area contributed by atoms with Gasteiger partial charge in [0.15, 0.2) is 0 Å². The van der Waals surface area contributed by atoms with Crippen LogP contribution in [0.3, 0.4) is 0 Å². The molecular weight excluding hydrogens is 260 g/mol. The molecule has 1 aliphatic carbocycles. The van der Waals surface area contributed by atoms with Crippen molar-refractivity contribution in [2.45, 2.75) is 31.8 Å². The Labute approximate surface area is 117 Å². The highest BCUT2D eigenvalue weighted by atomic mass is 32.1. The first-order chi connectivity index (χ1) is 9.15. The monoisotopic (exact) mass is 278 g/mol. The molecule has 1 aromatic heterocycles. The van der Waals surface area contributed by atoms with Crippen molar-refractivity contribution in [1.29, 1.82) is 0 Å². The number of hydrogen-bond donors (Lipinski definition) is 0. The Morgan fingerprint density at radius 1 is 1.53 bits per heavy atom. The lowest BCUT2D eigenvalue weighted by molar-refractivity contribution is -0.135. The van der Waals surface area contributed by atoms with E-state index >= 15 is 0 Å². The fourth-order valence-corrected chi connectivity index (χ4v) is 3.42. The van der Waals surface area contributed by atoms with Gasteiger partial charge in [-0.15, -0.1) is 11.3 Å². The molecule has 4 nitrogen and oxygen atoms in total. The average molecular weight is 278 g/mol. The summed E-state index contributed by atoms with van der Waals surface area (Å²) in [5, 5.41) is 2.02. The molecule has 1 atom stereocenters. The third kappa shape index (κ3) is 2.66. The van der Waals surface area contributed by atoms with Gasteiger partial charge in [-0.1, -0.05) is 6.07 Å². The summed E-state index contributed by atoms with van der Waals surface area (Å²) in [6, 6.07) is 4.45. The summed E-state index contributed by atoms with van der Waals surface area (Å²) in [7, 11) is 1.83. The van der Waals surface area contributed by atoms with Crippen LogP contribution in [-0.4, -0.2) is 41.2 Å². The van der Waals surface area contributed by atoms with Crippen molar-refractivity contribution in [3.63, 3.8) is 0 Å². The van der Waals surface area contributed by atoms with Crippen molar-refractivity contribution >= 4 is 23.2 Å². The molecule has 0 aromatic carbocycles. The zero-order valence-corrected chi connectivity index (χ0v) is 11.9. The van der Waals surface area contributed by atoms with Gasteiger partial charge in [0.05, 0.1) is 12.5 Å². The van der Waals surface area contributed by atoms with Gasteiger partial charge in [0.2, 0.25) is 11.8 Å². The number of nitrogens with zero attached hydrogens (tertiary/aromatic N) is 2. The average Bonchev–Trinajstić information content (AvgIpc) is 2.96.